The monoisotopic (exact) mass is 251 g/mol. The van der Waals surface area contributed by atoms with E-state index in [1.54, 1.807) is 6.07 Å². The van der Waals surface area contributed by atoms with Gasteiger partial charge in [-0.3, -0.25) is 0 Å². The van der Waals surface area contributed by atoms with Gasteiger partial charge in [0.1, 0.15) is 6.07 Å². The number of aromatic carboxylic acids is 1. The molecule has 0 aliphatic heterocycles. The summed E-state index contributed by atoms with van der Waals surface area (Å²) in [6.45, 7) is 1.89. The average molecular weight is 251 g/mol. The van der Waals surface area contributed by atoms with Crippen LogP contribution in [0.3, 0.4) is 0 Å². The number of hydrogen-bond acceptors (Lipinski definition) is 2. The van der Waals surface area contributed by atoms with Crippen LogP contribution >= 0.6 is 0 Å². The van der Waals surface area contributed by atoms with Gasteiger partial charge in [0.2, 0.25) is 0 Å². The van der Waals surface area contributed by atoms with Gasteiger partial charge in [-0.05, 0) is 36.1 Å². The van der Waals surface area contributed by atoms with E-state index in [0.717, 1.165) is 16.7 Å². The summed E-state index contributed by atoms with van der Waals surface area (Å²) in [5.74, 6) is -1.06. The van der Waals surface area contributed by atoms with Crippen molar-refractivity contribution in [3.63, 3.8) is 0 Å². The van der Waals surface area contributed by atoms with Gasteiger partial charge in [-0.25, -0.2) is 4.79 Å². The largest absolute Gasteiger partial charge is 0.478 e. The second-order valence-electron chi connectivity index (χ2n) is 4.36. The molecule has 0 aromatic heterocycles. The molecule has 0 amide bonds. The molecule has 19 heavy (non-hydrogen) atoms. The first-order valence-electron chi connectivity index (χ1n) is 5.93. The normalized spacial score (nSPS) is 9.89. The zero-order valence-electron chi connectivity index (χ0n) is 10.6. The Morgan fingerprint density at radius 2 is 1.89 bits per heavy atom. The molecule has 2 aromatic rings. The van der Waals surface area contributed by atoms with Gasteiger partial charge >= 0.3 is 5.97 Å². The van der Waals surface area contributed by atoms with Gasteiger partial charge < -0.3 is 5.11 Å². The minimum atomic E-state index is -1.06. The Morgan fingerprint density at radius 1 is 1.21 bits per heavy atom. The molecule has 0 radical (unpaired) electrons. The zero-order valence-corrected chi connectivity index (χ0v) is 10.6. The fourth-order valence-corrected chi connectivity index (χ4v) is 2.09. The van der Waals surface area contributed by atoms with Crippen molar-refractivity contribution in [3.8, 4) is 6.07 Å². The lowest BCUT2D eigenvalue weighted by molar-refractivity contribution is 0.0696. The summed E-state index contributed by atoms with van der Waals surface area (Å²) in [7, 11) is 0. The molecule has 2 rings (SSSR count). The number of benzene rings is 2. The third-order valence-electron chi connectivity index (χ3n) is 3.11. The molecule has 0 spiro atoms. The van der Waals surface area contributed by atoms with Crippen LogP contribution in [-0.2, 0) is 6.42 Å². The molecular formula is C16H13NO2. The smallest absolute Gasteiger partial charge is 0.337 e. The number of rotatable bonds is 3. The maximum atomic E-state index is 11.1. The van der Waals surface area contributed by atoms with Gasteiger partial charge in [0.15, 0.2) is 0 Å². The number of nitriles is 1. The first-order chi connectivity index (χ1) is 9.13. The zero-order chi connectivity index (χ0) is 13.8. The Balaban J connectivity index is 2.53. The fourth-order valence-electron chi connectivity index (χ4n) is 2.09. The maximum absolute atomic E-state index is 11.1. The molecule has 0 unspecified atom stereocenters. The SMILES string of the molecule is Cc1ccc(C(=O)O)c(C#N)c1Cc1ccccc1. The summed E-state index contributed by atoms with van der Waals surface area (Å²) in [6.07, 6.45) is 0.566. The van der Waals surface area contributed by atoms with E-state index in [1.807, 2.05) is 43.3 Å². The highest BCUT2D eigenvalue weighted by atomic mass is 16.4. The van der Waals surface area contributed by atoms with E-state index >= 15 is 0 Å². The predicted molar refractivity (Wildman–Crippen MR) is 72.1 cm³/mol. The molecule has 1 N–H and O–H groups in total. The molecule has 3 heteroatoms. The molecular weight excluding hydrogens is 238 g/mol. The van der Waals surface area contributed by atoms with Gasteiger partial charge in [-0.15, -0.1) is 0 Å². The van der Waals surface area contributed by atoms with Crippen molar-refractivity contribution in [2.45, 2.75) is 13.3 Å². The number of carboxylic acids is 1. The molecule has 0 heterocycles. The van der Waals surface area contributed by atoms with Gasteiger partial charge in [-0.2, -0.15) is 5.26 Å². The molecule has 0 saturated carbocycles. The molecule has 0 aliphatic carbocycles. The minimum absolute atomic E-state index is 0.0685. The van der Waals surface area contributed by atoms with Crippen LogP contribution in [0.4, 0.5) is 0 Å². The van der Waals surface area contributed by atoms with Crippen LogP contribution in [0.15, 0.2) is 42.5 Å². The van der Waals surface area contributed by atoms with Gasteiger partial charge in [-0.1, -0.05) is 36.4 Å². The summed E-state index contributed by atoms with van der Waals surface area (Å²) >= 11 is 0. The standard InChI is InChI=1S/C16H13NO2/c1-11-7-8-13(16(18)19)15(10-17)14(11)9-12-5-3-2-4-6-12/h2-8H,9H2,1H3,(H,18,19). The van der Waals surface area contributed by atoms with Crippen LogP contribution in [0.5, 0.6) is 0 Å². The molecule has 3 nitrogen and oxygen atoms in total. The highest BCUT2D eigenvalue weighted by molar-refractivity contribution is 5.91. The van der Waals surface area contributed by atoms with Crippen molar-refractivity contribution in [1.82, 2.24) is 0 Å². The van der Waals surface area contributed by atoms with Crippen molar-refractivity contribution in [3.05, 3.63) is 70.3 Å². The Morgan fingerprint density at radius 3 is 2.47 bits per heavy atom. The van der Waals surface area contributed by atoms with E-state index in [2.05, 4.69) is 0 Å². The summed E-state index contributed by atoms with van der Waals surface area (Å²) in [6, 6.07) is 15.0. The molecule has 0 atom stereocenters. The Hall–Kier alpha value is -2.60. The summed E-state index contributed by atoms with van der Waals surface area (Å²) in [4.78, 5) is 11.1. The van der Waals surface area contributed by atoms with Crippen LogP contribution in [0.25, 0.3) is 0 Å². The lowest BCUT2D eigenvalue weighted by atomic mass is 9.92. The first kappa shape index (κ1) is 12.8. The second-order valence-corrected chi connectivity index (χ2v) is 4.36. The molecule has 0 saturated heterocycles. The van der Waals surface area contributed by atoms with Crippen LogP contribution in [0.2, 0.25) is 0 Å². The van der Waals surface area contributed by atoms with Gasteiger partial charge in [0.05, 0.1) is 11.1 Å². The van der Waals surface area contributed by atoms with E-state index in [4.69, 9.17) is 5.11 Å². The Kier molecular flexibility index (Phi) is 3.63. The number of hydrogen-bond donors (Lipinski definition) is 1. The van der Waals surface area contributed by atoms with E-state index in [1.165, 1.54) is 6.07 Å². The third kappa shape index (κ3) is 2.63. The first-order valence-corrected chi connectivity index (χ1v) is 5.93. The van der Waals surface area contributed by atoms with Crippen LogP contribution < -0.4 is 0 Å². The summed E-state index contributed by atoms with van der Waals surface area (Å²) in [5, 5.41) is 18.4. The number of carboxylic acid groups (broad SMARTS) is 1. The van der Waals surface area contributed by atoms with Crippen molar-refractivity contribution < 1.29 is 9.90 Å². The van der Waals surface area contributed by atoms with E-state index in [9.17, 15) is 10.1 Å². The van der Waals surface area contributed by atoms with Crippen molar-refractivity contribution in [2.75, 3.05) is 0 Å². The average Bonchev–Trinajstić information content (AvgIpc) is 2.41. The van der Waals surface area contributed by atoms with Gasteiger partial charge in [0.25, 0.3) is 0 Å². The van der Waals surface area contributed by atoms with Crippen molar-refractivity contribution in [2.24, 2.45) is 0 Å². The lowest BCUT2D eigenvalue weighted by Gasteiger charge is -2.10. The second kappa shape index (κ2) is 5.36. The third-order valence-corrected chi connectivity index (χ3v) is 3.11. The van der Waals surface area contributed by atoms with Crippen LogP contribution in [0, 0.1) is 18.3 Å². The predicted octanol–water partition coefficient (Wildman–Crippen LogP) is 3.16. The van der Waals surface area contributed by atoms with Gasteiger partial charge in [0, 0.05) is 0 Å². The number of nitrogens with zero attached hydrogens (tertiary/aromatic N) is 1. The number of aryl methyl sites for hydroxylation is 1. The van der Waals surface area contributed by atoms with Crippen LogP contribution in [0.1, 0.15) is 32.6 Å². The molecule has 2 aromatic carbocycles. The van der Waals surface area contributed by atoms with E-state index in [-0.39, 0.29) is 11.1 Å². The number of carbonyl (C=O) groups is 1. The molecule has 0 aliphatic rings. The summed E-state index contributed by atoms with van der Waals surface area (Å²) in [5.41, 5.74) is 3.11. The molecule has 94 valence electrons. The van der Waals surface area contributed by atoms with Crippen LogP contribution in [-0.4, -0.2) is 11.1 Å². The quantitative estimate of drug-likeness (QED) is 0.911. The Bertz CT molecular complexity index is 654. The minimum Gasteiger partial charge on any atom is -0.478 e. The van der Waals surface area contributed by atoms with E-state index in [0.29, 0.717) is 6.42 Å². The summed E-state index contributed by atoms with van der Waals surface area (Å²) < 4.78 is 0. The van der Waals surface area contributed by atoms with Crippen molar-refractivity contribution >= 4 is 5.97 Å². The van der Waals surface area contributed by atoms with Crippen molar-refractivity contribution in [1.29, 1.82) is 5.26 Å². The highest BCUT2D eigenvalue weighted by Gasteiger charge is 2.16. The maximum Gasteiger partial charge on any atom is 0.337 e. The molecule has 0 bridgehead atoms. The highest BCUT2D eigenvalue weighted by Crippen LogP contribution is 2.21. The fraction of sp³-hybridized carbons (Fsp3) is 0.125. The Labute approximate surface area is 111 Å². The lowest BCUT2D eigenvalue weighted by Crippen LogP contribution is -2.06. The topological polar surface area (TPSA) is 61.1 Å². The molecule has 0 fully saturated rings. The van der Waals surface area contributed by atoms with E-state index < -0.39 is 5.97 Å².